The van der Waals surface area contributed by atoms with Gasteiger partial charge in [-0.3, -0.25) is 0 Å². The first kappa shape index (κ1) is 12.9. The summed E-state index contributed by atoms with van der Waals surface area (Å²) in [7, 11) is 1.74. The molecule has 1 aromatic rings. The third kappa shape index (κ3) is 3.71. The Morgan fingerprint density at radius 3 is 3.00 bits per heavy atom. The number of hydrogen-bond donors (Lipinski definition) is 1. The average molecular weight is 298 g/mol. The Morgan fingerprint density at radius 1 is 1.41 bits per heavy atom. The van der Waals surface area contributed by atoms with E-state index in [1.165, 1.54) is 37.8 Å². The lowest BCUT2D eigenvalue weighted by atomic mass is 9.97. The van der Waals surface area contributed by atoms with E-state index in [-0.39, 0.29) is 0 Å². The number of ether oxygens (including phenoxy) is 1. The van der Waals surface area contributed by atoms with Crippen LogP contribution in [0.1, 0.15) is 31.2 Å². The molecule has 0 radical (unpaired) electrons. The van der Waals surface area contributed by atoms with E-state index < -0.39 is 0 Å². The van der Waals surface area contributed by atoms with Gasteiger partial charge in [-0.15, -0.1) is 0 Å². The highest BCUT2D eigenvalue weighted by Gasteiger charge is 2.13. The maximum absolute atomic E-state index is 5.40. The van der Waals surface area contributed by atoms with E-state index in [1.807, 2.05) is 12.1 Å². The Labute approximate surface area is 112 Å². The quantitative estimate of drug-likeness (QED) is 0.918. The van der Waals surface area contributed by atoms with E-state index in [1.54, 1.807) is 7.11 Å². The normalized spacial score (nSPS) is 20.2. The maximum Gasteiger partial charge on any atom is 0.122 e. The van der Waals surface area contributed by atoms with E-state index in [9.17, 15) is 0 Å². The molecule has 2 rings (SSSR count). The molecule has 1 aliphatic heterocycles. The molecule has 0 amide bonds. The van der Waals surface area contributed by atoms with Crippen LogP contribution in [0.4, 0.5) is 0 Å². The zero-order valence-corrected chi connectivity index (χ0v) is 11.9. The topological polar surface area (TPSA) is 21.3 Å². The lowest BCUT2D eigenvalue weighted by Crippen LogP contribution is -2.34. The van der Waals surface area contributed by atoms with Gasteiger partial charge in [0.2, 0.25) is 0 Å². The minimum Gasteiger partial charge on any atom is -0.496 e. The number of benzene rings is 1. The summed E-state index contributed by atoms with van der Waals surface area (Å²) in [6, 6.07) is 6.92. The summed E-state index contributed by atoms with van der Waals surface area (Å²) in [5.41, 5.74) is 1.30. The zero-order chi connectivity index (χ0) is 12.1. The van der Waals surface area contributed by atoms with Gasteiger partial charge in [0.25, 0.3) is 0 Å². The van der Waals surface area contributed by atoms with Crippen molar-refractivity contribution >= 4 is 15.9 Å². The van der Waals surface area contributed by atoms with Gasteiger partial charge in [0.15, 0.2) is 0 Å². The number of methoxy groups -OCH3 is 1. The van der Waals surface area contributed by atoms with Gasteiger partial charge in [-0.25, -0.2) is 0 Å². The summed E-state index contributed by atoms with van der Waals surface area (Å²) < 4.78 is 6.53. The van der Waals surface area contributed by atoms with Gasteiger partial charge in [-0.2, -0.15) is 0 Å². The van der Waals surface area contributed by atoms with Crippen LogP contribution in [0.15, 0.2) is 22.7 Å². The minimum absolute atomic E-state index is 0.687. The van der Waals surface area contributed by atoms with E-state index in [2.05, 4.69) is 27.3 Å². The van der Waals surface area contributed by atoms with E-state index >= 15 is 0 Å². The van der Waals surface area contributed by atoms with Gasteiger partial charge >= 0.3 is 0 Å². The van der Waals surface area contributed by atoms with E-state index in [0.29, 0.717) is 6.04 Å². The first-order chi connectivity index (χ1) is 8.29. The molecule has 0 aliphatic carbocycles. The molecule has 0 bridgehead atoms. The molecule has 1 unspecified atom stereocenters. The van der Waals surface area contributed by atoms with Crippen LogP contribution in [0.25, 0.3) is 0 Å². The monoisotopic (exact) mass is 297 g/mol. The van der Waals surface area contributed by atoms with Gasteiger partial charge in [0.1, 0.15) is 5.75 Å². The molecule has 0 aromatic heterocycles. The van der Waals surface area contributed by atoms with Crippen molar-refractivity contribution in [1.29, 1.82) is 0 Å². The van der Waals surface area contributed by atoms with E-state index in [0.717, 1.165) is 16.6 Å². The van der Waals surface area contributed by atoms with Crippen LogP contribution < -0.4 is 10.1 Å². The Balaban J connectivity index is 1.95. The Kier molecular flexibility index (Phi) is 4.86. The van der Waals surface area contributed by atoms with Crippen LogP contribution in [0, 0.1) is 0 Å². The Morgan fingerprint density at radius 2 is 2.29 bits per heavy atom. The van der Waals surface area contributed by atoms with Crippen molar-refractivity contribution in [2.75, 3.05) is 13.7 Å². The van der Waals surface area contributed by atoms with Crippen molar-refractivity contribution in [2.24, 2.45) is 0 Å². The first-order valence-electron chi connectivity index (χ1n) is 6.35. The summed E-state index contributed by atoms with van der Waals surface area (Å²) in [6.45, 7) is 1.18. The number of nitrogens with one attached hydrogen (secondary N) is 1. The molecule has 1 N–H and O–H groups in total. The van der Waals surface area contributed by atoms with Crippen molar-refractivity contribution in [3.63, 3.8) is 0 Å². The molecule has 0 saturated carbocycles. The molecular weight excluding hydrogens is 278 g/mol. The largest absolute Gasteiger partial charge is 0.496 e. The van der Waals surface area contributed by atoms with Gasteiger partial charge in [-0.05, 0) is 56.0 Å². The van der Waals surface area contributed by atoms with Crippen molar-refractivity contribution in [3.05, 3.63) is 28.2 Å². The summed E-state index contributed by atoms with van der Waals surface area (Å²) in [4.78, 5) is 0. The lowest BCUT2D eigenvalue weighted by Gasteiger charge is -2.23. The molecule has 1 aliphatic rings. The predicted octanol–water partition coefficient (Wildman–Crippen LogP) is 3.53. The van der Waals surface area contributed by atoms with Crippen molar-refractivity contribution in [2.45, 2.75) is 38.1 Å². The molecule has 17 heavy (non-hydrogen) atoms. The molecule has 1 aromatic carbocycles. The fourth-order valence-electron chi connectivity index (χ4n) is 2.44. The van der Waals surface area contributed by atoms with Crippen LogP contribution in [0.2, 0.25) is 0 Å². The molecule has 1 saturated heterocycles. The molecule has 1 fully saturated rings. The van der Waals surface area contributed by atoms with Gasteiger partial charge in [0, 0.05) is 10.5 Å². The number of piperidine rings is 1. The molecular formula is C14H20BrNO. The zero-order valence-electron chi connectivity index (χ0n) is 10.3. The maximum atomic E-state index is 5.40. The van der Waals surface area contributed by atoms with E-state index in [4.69, 9.17) is 4.74 Å². The fourth-order valence-corrected chi connectivity index (χ4v) is 2.85. The molecule has 2 nitrogen and oxygen atoms in total. The fraction of sp³-hybridized carbons (Fsp3) is 0.571. The number of aryl methyl sites for hydroxylation is 1. The van der Waals surface area contributed by atoms with Crippen LogP contribution in [0.3, 0.4) is 0 Å². The smallest absolute Gasteiger partial charge is 0.122 e. The highest BCUT2D eigenvalue weighted by atomic mass is 79.9. The summed E-state index contributed by atoms with van der Waals surface area (Å²) in [5.74, 6) is 1.00. The van der Waals surface area contributed by atoms with Crippen molar-refractivity contribution < 1.29 is 4.74 Å². The molecule has 0 spiro atoms. The highest BCUT2D eigenvalue weighted by Crippen LogP contribution is 2.25. The van der Waals surface area contributed by atoms with Crippen LogP contribution >= 0.6 is 15.9 Å². The van der Waals surface area contributed by atoms with Crippen molar-refractivity contribution in [1.82, 2.24) is 5.32 Å². The molecule has 3 heteroatoms. The van der Waals surface area contributed by atoms with Gasteiger partial charge in [0.05, 0.1) is 7.11 Å². The van der Waals surface area contributed by atoms with Gasteiger partial charge < -0.3 is 10.1 Å². The number of hydrogen-bond acceptors (Lipinski definition) is 2. The second-order valence-corrected chi connectivity index (χ2v) is 5.56. The minimum atomic E-state index is 0.687. The Bertz CT molecular complexity index is 361. The number of rotatable bonds is 4. The summed E-state index contributed by atoms with van der Waals surface area (Å²) in [5, 5.41) is 3.59. The third-order valence-corrected chi connectivity index (χ3v) is 3.91. The van der Waals surface area contributed by atoms with Crippen LogP contribution in [-0.4, -0.2) is 19.7 Å². The highest BCUT2D eigenvalue weighted by molar-refractivity contribution is 9.10. The third-order valence-electron chi connectivity index (χ3n) is 3.42. The average Bonchev–Trinajstić information content (AvgIpc) is 2.38. The van der Waals surface area contributed by atoms with Crippen LogP contribution in [-0.2, 0) is 6.42 Å². The van der Waals surface area contributed by atoms with Crippen LogP contribution in [0.5, 0.6) is 5.75 Å². The van der Waals surface area contributed by atoms with Crippen molar-refractivity contribution in [3.8, 4) is 5.75 Å². The summed E-state index contributed by atoms with van der Waals surface area (Å²) in [6.07, 6.45) is 6.30. The number of halogens is 1. The predicted molar refractivity (Wildman–Crippen MR) is 74.7 cm³/mol. The lowest BCUT2D eigenvalue weighted by molar-refractivity contribution is 0.376. The second kappa shape index (κ2) is 6.41. The van der Waals surface area contributed by atoms with Gasteiger partial charge in [-0.1, -0.05) is 22.4 Å². The summed E-state index contributed by atoms with van der Waals surface area (Å²) >= 11 is 3.52. The molecule has 1 heterocycles. The second-order valence-electron chi connectivity index (χ2n) is 4.64. The Hall–Kier alpha value is -0.540. The molecule has 94 valence electrons. The molecule has 1 atom stereocenters. The standard InChI is InChI=1S/C14H20BrNO/c1-17-14-8-6-12(15)10-11(14)5-7-13-4-2-3-9-16-13/h6,8,10,13,16H,2-5,7,9H2,1H3. The SMILES string of the molecule is COc1ccc(Br)cc1CCC1CCCCN1. The first-order valence-corrected chi connectivity index (χ1v) is 7.14.